The Bertz CT molecular complexity index is 765. The van der Waals surface area contributed by atoms with Gasteiger partial charge in [0.25, 0.3) is 0 Å². The molecular formula is C18H21O3S. The molecule has 0 saturated carbocycles. The van der Waals surface area contributed by atoms with E-state index in [2.05, 4.69) is 0 Å². The first kappa shape index (κ1) is 16.7. The van der Waals surface area contributed by atoms with Gasteiger partial charge >= 0.3 is 0 Å². The third-order valence-corrected chi connectivity index (χ3v) is 6.57. The van der Waals surface area contributed by atoms with Crippen molar-refractivity contribution in [1.29, 1.82) is 0 Å². The number of benzene rings is 2. The first-order valence-electron chi connectivity index (χ1n) is 7.31. The summed E-state index contributed by atoms with van der Waals surface area (Å²) in [6.07, 6.45) is 2.30. The molecular weight excluding hydrogens is 296 g/mol. The molecule has 0 bridgehead atoms. The van der Waals surface area contributed by atoms with Crippen LogP contribution >= 0.6 is 0 Å². The number of sulfone groups is 1. The van der Waals surface area contributed by atoms with Crippen molar-refractivity contribution in [2.24, 2.45) is 5.92 Å². The molecule has 0 aliphatic heterocycles. The van der Waals surface area contributed by atoms with Crippen molar-refractivity contribution < 1.29 is 13.2 Å². The van der Waals surface area contributed by atoms with Gasteiger partial charge in [-0.3, -0.25) is 4.79 Å². The summed E-state index contributed by atoms with van der Waals surface area (Å²) < 4.78 is 23.7. The fraction of sp³-hybridized carbons (Fsp3) is 0.389. The lowest BCUT2D eigenvalue weighted by Crippen LogP contribution is -2.34. The van der Waals surface area contributed by atoms with E-state index < -0.39 is 20.5 Å². The highest BCUT2D eigenvalue weighted by molar-refractivity contribution is 7.92. The quantitative estimate of drug-likeness (QED) is 0.850. The van der Waals surface area contributed by atoms with E-state index in [1.807, 2.05) is 48.8 Å². The fourth-order valence-corrected chi connectivity index (χ4v) is 3.60. The van der Waals surface area contributed by atoms with Crippen LogP contribution in [-0.2, 0) is 21.1 Å². The van der Waals surface area contributed by atoms with Gasteiger partial charge in [-0.05, 0) is 43.5 Å². The van der Waals surface area contributed by atoms with Gasteiger partial charge in [-0.2, -0.15) is 0 Å². The molecule has 22 heavy (non-hydrogen) atoms. The van der Waals surface area contributed by atoms with Crippen molar-refractivity contribution in [3.8, 4) is 0 Å². The van der Waals surface area contributed by atoms with Crippen LogP contribution in [0.1, 0.15) is 26.3 Å². The summed E-state index contributed by atoms with van der Waals surface area (Å²) in [6, 6.07) is 13.8. The van der Waals surface area contributed by atoms with E-state index in [1.54, 1.807) is 20.8 Å². The van der Waals surface area contributed by atoms with Gasteiger partial charge in [-0.25, -0.2) is 8.42 Å². The molecule has 0 amide bonds. The third-order valence-electron chi connectivity index (χ3n) is 3.87. The highest BCUT2D eigenvalue weighted by Gasteiger charge is 2.32. The van der Waals surface area contributed by atoms with Gasteiger partial charge in [0.15, 0.2) is 9.84 Å². The van der Waals surface area contributed by atoms with Gasteiger partial charge < -0.3 is 0 Å². The lowest BCUT2D eigenvalue weighted by Gasteiger charge is -2.21. The van der Waals surface area contributed by atoms with Crippen LogP contribution < -0.4 is 0 Å². The summed E-state index contributed by atoms with van der Waals surface area (Å²) in [6.45, 7) is 4.96. The van der Waals surface area contributed by atoms with Gasteiger partial charge in [0.2, 0.25) is 6.29 Å². The number of hydrogen-bond donors (Lipinski definition) is 0. The lowest BCUT2D eigenvalue weighted by molar-refractivity contribution is 0.518. The average Bonchev–Trinajstić information content (AvgIpc) is 2.45. The van der Waals surface area contributed by atoms with Crippen molar-refractivity contribution >= 4 is 26.9 Å². The first-order chi connectivity index (χ1) is 10.2. The summed E-state index contributed by atoms with van der Waals surface area (Å²) in [4.78, 5) is 11.3. The van der Waals surface area contributed by atoms with E-state index >= 15 is 0 Å². The molecule has 0 fully saturated rings. The average molecular weight is 317 g/mol. The normalized spacial score (nSPS) is 14.0. The molecule has 117 valence electrons. The largest absolute Gasteiger partial charge is 0.291 e. The molecule has 0 heterocycles. The first-order valence-corrected chi connectivity index (χ1v) is 8.96. The van der Waals surface area contributed by atoms with E-state index in [0.29, 0.717) is 6.42 Å². The molecule has 1 atom stereocenters. The number of fused-ring (bicyclic) bond motifs is 1. The van der Waals surface area contributed by atoms with Crippen molar-refractivity contribution in [2.45, 2.75) is 31.9 Å². The Morgan fingerprint density at radius 1 is 1.05 bits per heavy atom. The number of rotatable bonds is 5. The van der Waals surface area contributed by atoms with Gasteiger partial charge in [-0.1, -0.05) is 42.5 Å². The molecule has 2 rings (SSSR count). The van der Waals surface area contributed by atoms with E-state index in [0.717, 1.165) is 16.3 Å². The predicted octanol–water partition coefficient (Wildman–Crippen LogP) is 3.32. The molecule has 1 radical (unpaired) electrons. The second kappa shape index (κ2) is 6.21. The highest BCUT2D eigenvalue weighted by Crippen LogP contribution is 2.24. The van der Waals surface area contributed by atoms with Gasteiger partial charge in [0.05, 0.1) is 10.5 Å². The van der Waals surface area contributed by atoms with E-state index in [-0.39, 0.29) is 5.75 Å². The highest BCUT2D eigenvalue weighted by atomic mass is 32.2. The molecule has 0 spiro atoms. The van der Waals surface area contributed by atoms with Gasteiger partial charge in [-0.15, -0.1) is 0 Å². The zero-order valence-corrected chi connectivity index (χ0v) is 14.0. The monoisotopic (exact) mass is 317 g/mol. The third kappa shape index (κ3) is 3.55. The maximum absolute atomic E-state index is 12.3. The van der Waals surface area contributed by atoms with Crippen molar-refractivity contribution in [2.75, 3.05) is 5.75 Å². The molecule has 0 saturated heterocycles. The molecule has 2 aromatic rings. The zero-order chi connectivity index (χ0) is 16.4. The molecule has 0 unspecified atom stereocenters. The standard InChI is InChI=1S/C18H21O3S/c1-18(2,3)22(20,21)13-14(12-19)11-16-9-6-8-15-7-4-5-10-17(15)16/h4-10,14H,11,13H2,1-3H3/t14-/m1/s1. The zero-order valence-electron chi connectivity index (χ0n) is 13.2. The summed E-state index contributed by atoms with van der Waals surface area (Å²) in [5.74, 6) is -0.807. The van der Waals surface area contributed by atoms with E-state index in [9.17, 15) is 13.2 Å². The van der Waals surface area contributed by atoms with Crippen LogP contribution in [0.2, 0.25) is 0 Å². The molecule has 0 N–H and O–H groups in total. The predicted molar refractivity (Wildman–Crippen MR) is 90.4 cm³/mol. The second-order valence-corrected chi connectivity index (χ2v) is 9.34. The minimum Gasteiger partial charge on any atom is -0.291 e. The Kier molecular flexibility index (Phi) is 4.71. The van der Waals surface area contributed by atoms with Crippen LogP contribution in [0.5, 0.6) is 0 Å². The van der Waals surface area contributed by atoms with Crippen LogP contribution in [0.4, 0.5) is 0 Å². The van der Waals surface area contributed by atoms with Crippen LogP contribution in [0.25, 0.3) is 10.8 Å². The molecule has 0 aliphatic rings. The summed E-state index contributed by atoms with van der Waals surface area (Å²) >= 11 is 0. The summed E-state index contributed by atoms with van der Waals surface area (Å²) in [7, 11) is -3.34. The fourth-order valence-electron chi connectivity index (χ4n) is 2.39. The maximum atomic E-state index is 12.3. The Morgan fingerprint density at radius 3 is 2.32 bits per heavy atom. The number of carbonyl (C=O) groups excluding carboxylic acids is 1. The topological polar surface area (TPSA) is 51.2 Å². The van der Waals surface area contributed by atoms with Gasteiger partial charge in [0.1, 0.15) is 0 Å². The Morgan fingerprint density at radius 2 is 1.68 bits per heavy atom. The van der Waals surface area contributed by atoms with Crippen LogP contribution in [0.3, 0.4) is 0 Å². The Labute approximate surface area is 132 Å². The van der Waals surface area contributed by atoms with E-state index in [1.165, 1.54) is 0 Å². The van der Waals surface area contributed by atoms with Gasteiger partial charge in [0, 0.05) is 5.92 Å². The van der Waals surface area contributed by atoms with E-state index in [4.69, 9.17) is 0 Å². The van der Waals surface area contributed by atoms with Crippen molar-refractivity contribution in [1.82, 2.24) is 0 Å². The summed E-state index contributed by atoms with van der Waals surface area (Å²) in [5, 5.41) is 2.14. The van der Waals surface area contributed by atoms with Crippen molar-refractivity contribution in [3.63, 3.8) is 0 Å². The smallest absolute Gasteiger partial charge is 0.203 e. The Balaban J connectivity index is 2.29. The molecule has 0 aliphatic carbocycles. The van der Waals surface area contributed by atoms with Crippen LogP contribution in [0.15, 0.2) is 42.5 Å². The van der Waals surface area contributed by atoms with Crippen LogP contribution in [-0.4, -0.2) is 25.2 Å². The molecule has 4 heteroatoms. The Hall–Kier alpha value is -1.68. The number of hydrogen-bond acceptors (Lipinski definition) is 3. The minimum absolute atomic E-state index is 0.163. The molecule has 3 nitrogen and oxygen atoms in total. The van der Waals surface area contributed by atoms with Crippen molar-refractivity contribution in [3.05, 3.63) is 48.0 Å². The maximum Gasteiger partial charge on any atom is 0.203 e. The summed E-state index contributed by atoms with van der Waals surface area (Å²) in [5.41, 5.74) is 0.982. The van der Waals surface area contributed by atoms with Crippen LogP contribution in [0, 0.1) is 5.92 Å². The molecule has 0 aromatic heterocycles. The SMILES string of the molecule is CC(C)(C)S(=O)(=O)C[C@@H]([C]=O)Cc1cccc2ccccc12. The lowest BCUT2D eigenvalue weighted by atomic mass is 9.97. The molecule has 2 aromatic carbocycles. The second-order valence-electron chi connectivity index (χ2n) is 6.55. The minimum atomic E-state index is -3.34.